The van der Waals surface area contributed by atoms with Crippen LogP contribution in [0.15, 0.2) is 4.99 Å². The Hall–Kier alpha value is -0.480. The fourth-order valence-corrected chi connectivity index (χ4v) is 0.888. The number of nitrogens with zero attached hydrogens (tertiary/aromatic N) is 1. The van der Waals surface area contributed by atoms with E-state index in [1.165, 1.54) is 6.92 Å². The first-order valence-electron chi connectivity index (χ1n) is 3.28. The average molecular weight is 214 g/mol. The molecule has 0 bridgehead atoms. The molecule has 0 spiro atoms. The van der Waals surface area contributed by atoms with E-state index in [9.17, 15) is 4.79 Å². The first kappa shape index (κ1) is 14.1. The lowest BCUT2D eigenvalue weighted by Gasteiger charge is -2.18. The van der Waals surface area contributed by atoms with Crippen molar-refractivity contribution in [1.82, 2.24) is 10.6 Å². The highest BCUT2D eigenvalue weighted by atomic mass is 35.5. The van der Waals surface area contributed by atoms with Crippen LogP contribution in [0.4, 0.5) is 0 Å². The minimum Gasteiger partial charge on any atom is -0.374 e. The van der Waals surface area contributed by atoms with Crippen LogP contribution in [0.3, 0.4) is 0 Å². The molecule has 1 unspecified atom stereocenters. The topological polar surface area (TPSA) is 53.5 Å². The highest BCUT2D eigenvalue weighted by Crippen LogP contribution is 1.86. The predicted octanol–water partition coefficient (Wildman–Crippen LogP) is -0.0338. The summed E-state index contributed by atoms with van der Waals surface area (Å²) in [6.07, 6.45) is 1.66. The Bertz CT molecular complexity index is 163. The molecular formula is C6H13Cl2N3O. The molecule has 1 aliphatic heterocycles. The monoisotopic (exact) mass is 213 g/mol. The fraction of sp³-hybridized carbons (Fsp3) is 0.667. The second kappa shape index (κ2) is 7.18. The molecular weight excluding hydrogens is 201 g/mol. The summed E-state index contributed by atoms with van der Waals surface area (Å²) in [5.74, 6) is 0.00361. The van der Waals surface area contributed by atoms with Gasteiger partial charge in [0.15, 0.2) is 0 Å². The molecule has 0 radical (unpaired) electrons. The van der Waals surface area contributed by atoms with Crippen molar-refractivity contribution in [3.05, 3.63) is 0 Å². The highest BCUT2D eigenvalue weighted by molar-refractivity contribution is 5.85. The Morgan fingerprint density at radius 1 is 1.67 bits per heavy atom. The van der Waals surface area contributed by atoms with Crippen LogP contribution in [0.5, 0.6) is 0 Å². The number of carbonyl (C=O) groups is 1. The Balaban J connectivity index is 0. The molecule has 1 atom stereocenters. The molecule has 0 fully saturated rings. The molecule has 0 saturated heterocycles. The van der Waals surface area contributed by atoms with Crippen LogP contribution in [0.25, 0.3) is 0 Å². The Kier molecular flexibility index (Phi) is 8.42. The number of hydrogen-bond acceptors (Lipinski definition) is 3. The van der Waals surface area contributed by atoms with E-state index in [0.717, 1.165) is 6.54 Å². The number of nitrogens with one attached hydrogen (secondary N) is 2. The summed E-state index contributed by atoms with van der Waals surface area (Å²) < 4.78 is 0. The number of carbonyl (C=O) groups excluding carboxylic acids is 1. The normalized spacial score (nSPS) is 19.6. The van der Waals surface area contributed by atoms with Crippen LogP contribution in [0.2, 0.25) is 0 Å². The number of halogens is 2. The summed E-state index contributed by atoms with van der Waals surface area (Å²) in [6, 6.07) is 0.169. The molecule has 0 aromatic carbocycles. The third-order valence-electron chi connectivity index (χ3n) is 1.28. The molecule has 0 aromatic heterocycles. The minimum atomic E-state index is 0. The SMILES string of the molecule is CC(=O)NC1CN=CNC1.Cl.Cl. The summed E-state index contributed by atoms with van der Waals surface area (Å²) in [6.45, 7) is 2.98. The molecule has 0 saturated carbocycles. The lowest BCUT2D eigenvalue weighted by atomic mass is 10.3. The van der Waals surface area contributed by atoms with E-state index < -0.39 is 0 Å². The molecule has 2 N–H and O–H groups in total. The van der Waals surface area contributed by atoms with Gasteiger partial charge in [0.1, 0.15) is 0 Å². The summed E-state index contributed by atoms with van der Waals surface area (Å²) >= 11 is 0. The molecule has 6 heteroatoms. The van der Waals surface area contributed by atoms with Crippen LogP contribution < -0.4 is 10.6 Å². The van der Waals surface area contributed by atoms with E-state index in [1.807, 2.05) is 0 Å². The summed E-state index contributed by atoms with van der Waals surface area (Å²) in [4.78, 5) is 14.5. The summed E-state index contributed by atoms with van der Waals surface area (Å²) in [7, 11) is 0. The molecule has 1 aliphatic rings. The maximum absolute atomic E-state index is 10.5. The van der Waals surface area contributed by atoms with Crippen LogP contribution in [-0.2, 0) is 4.79 Å². The highest BCUT2D eigenvalue weighted by Gasteiger charge is 2.09. The first-order chi connectivity index (χ1) is 4.79. The maximum atomic E-state index is 10.5. The summed E-state index contributed by atoms with van der Waals surface area (Å²) in [5, 5.41) is 5.70. The molecule has 12 heavy (non-hydrogen) atoms. The van der Waals surface area contributed by atoms with E-state index in [1.54, 1.807) is 6.34 Å². The largest absolute Gasteiger partial charge is 0.374 e. The van der Waals surface area contributed by atoms with E-state index in [-0.39, 0.29) is 36.8 Å². The third-order valence-corrected chi connectivity index (χ3v) is 1.28. The van der Waals surface area contributed by atoms with Gasteiger partial charge in [-0.05, 0) is 0 Å². The molecule has 1 amide bonds. The van der Waals surface area contributed by atoms with E-state index in [0.29, 0.717) is 6.54 Å². The van der Waals surface area contributed by atoms with Gasteiger partial charge in [-0.3, -0.25) is 9.79 Å². The van der Waals surface area contributed by atoms with Gasteiger partial charge in [-0.2, -0.15) is 0 Å². The van der Waals surface area contributed by atoms with E-state index in [4.69, 9.17) is 0 Å². The van der Waals surface area contributed by atoms with Gasteiger partial charge in [0, 0.05) is 13.5 Å². The molecule has 1 rings (SSSR count). The maximum Gasteiger partial charge on any atom is 0.217 e. The van der Waals surface area contributed by atoms with Gasteiger partial charge >= 0.3 is 0 Å². The van der Waals surface area contributed by atoms with Crippen molar-refractivity contribution in [2.24, 2.45) is 4.99 Å². The zero-order valence-electron chi connectivity index (χ0n) is 6.74. The number of aliphatic imine (C=N–C) groups is 1. The molecule has 0 aromatic rings. The summed E-state index contributed by atoms with van der Waals surface area (Å²) in [5.41, 5.74) is 0. The second-order valence-corrected chi connectivity index (χ2v) is 2.30. The van der Waals surface area contributed by atoms with Crippen LogP contribution in [0.1, 0.15) is 6.92 Å². The first-order valence-corrected chi connectivity index (χ1v) is 3.28. The van der Waals surface area contributed by atoms with Gasteiger partial charge in [0.25, 0.3) is 0 Å². The van der Waals surface area contributed by atoms with Crippen molar-refractivity contribution in [3.63, 3.8) is 0 Å². The van der Waals surface area contributed by atoms with Gasteiger partial charge in [0.2, 0.25) is 5.91 Å². The van der Waals surface area contributed by atoms with Crippen LogP contribution in [-0.4, -0.2) is 31.4 Å². The van der Waals surface area contributed by atoms with Crippen molar-refractivity contribution >= 4 is 37.1 Å². The molecule has 72 valence electrons. The minimum absolute atomic E-state index is 0. The molecule has 0 aliphatic carbocycles. The van der Waals surface area contributed by atoms with Gasteiger partial charge in [-0.1, -0.05) is 0 Å². The standard InChI is InChI=1S/C6H11N3O.2ClH/c1-5(10)9-6-2-7-4-8-3-6;;/h4,6H,2-3H2,1H3,(H,7,8)(H,9,10);2*1H. The van der Waals surface area contributed by atoms with Crippen LogP contribution in [0, 0.1) is 0 Å². The molecule has 4 nitrogen and oxygen atoms in total. The van der Waals surface area contributed by atoms with Crippen molar-refractivity contribution in [2.75, 3.05) is 13.1 Å². The van der Waals surface area contributed by atoms with E-state index in [2.05, 4.69) is 15.6 Å². The van der Waals surface area contributed by atoms with Gasteiger partial charge in [-0.15, -0.1) is 24.8 Å². The third kappa shape index (κ3) is 5.21. The van der Waals surface area contributed by atoms with Crippen molar-refractivity contribution < 1.29 is 4.79 Å². The quantitative estimate of drug-likeness (QED) is 0.643. The van der Waals surface area contributed by atoms with Gasteiger partial charge in [0.05, 0.1) is 18.9 Å². The zero-order valence-corrected chi connectivity index (χ0v) is 8.37. The van der Waals surface area contributed by atoms with Crippen molar-refractivity contribution in [2.45, 2.75) is 13.0 Å². The van der Waals surface area contributed by atoms with Crippen molar-refractivity contribution in [1.29, 1.82) is 0 Å². The lowest BCUT2D eigenvalue weighted by Crippen LogP contribution is -2.45. The second-order valence-electron chi connectivity index (χ2n) is 2.30. The predicted molar refractivity (Wildman–Crippen MR) is 53.5 cm³/mol. The van der Waals surface area contributed by atoms with E-state index >= 15 is 0 Å². The number of hydrogen-bond donors (Lipinski definition) is 2. The average Bonchev–Trinajstić information content (AvgIpc) is 1.88. The van der Waals surface area contributed by atoms with Crippen molar-refractivity contribution in [3.8, 4) is 0 Å². The Morgan fingerprint density at radius 3 is 2.75 bits per heavy atom. The number of amides is 1. The fourth-order valence-electron chi connectivity index (χ4n) is 0.888. The number of rotatable bonds is 1. The lowest BCUT2D eigenvalue weighted by molar-refractivity contribution is -0.119. The molecule has 1 heterocycles. The Labute approximate surface area is 84.0 Å². The van der Waals surface area contributed by atoms with Gasteiger partial charge in [-0.25, -0.2) is 0 Å². The van der Waals surface area contributed by atoms with Gasteiger partial charge < -0.3 is 10.6 Å². The smallest absolute Gasteiger partial charge is 0.217 e. The Morgan fingerprint density at radius 2 is 2.33 bits per heavy atom. The zero-order chi connectivity index (χ0) is 7.40. The van der Waals surface area contributed by atoms with Crippen LogP contribution >= 0.6 is 24.8 Å².